The van der Waals surface area contributed by atoms with Crippen LogP contribution in [0.4, 0.5) is 10.2 Å². The summed E-state index contributed by atoms with van der Waals surface area (Å²) < 4.78 is 20.6. The van der Waals surface area contributed by atoms with E-state index in [9.17, 15) is 9.18 Å². The zero-order valence-electron chi connectivity index (χ0n) is 20.2. The Hall–Kier alpha value is -3.75. The molecule has 0 aliphatic carbocycles. The monoisotopic (exact) mass is 476 g/mol. The number of benzene rings is 1. The molecular formula is C26H29FN6O2. The number of halogens is 1. The van der Waals surface area contributed by atoms with Crippen molar-refractivity contribution < 1.29 is 13.6 Å². The van der Waals surface area contributed by atoms with Crippen LogP contribution in [0.5, 0.6) is 0 Å². The van der Waals surface area contributed by atoms with Crippen LogP contribution >= 0.6 is 0 Å². The predicted octanol–water partition coefficient (Wildman–Crippen LogP) is 4.72. The minimum Gasteiger partial charge on any atom is -0.459 e. The van der Waals surface area contributed by atoms with E-state index in [1.54, 1.807) is 28.9 Å². The summed E-state index contributed by atoms with van der Waals surface area (Å²) in [5.41, 5.74) is 2.27. The van der Waals surface area contributed by atoms with Crippen molar-refractivity contribution in [2.45, 2.75) is 39.5 Å². The third kappa shape index (κ3) is 4.38. The second-order valence-corrected chi connectivity index (χ2v) is 9.02. The van der Waals surface area contributed by atoms with Crippen LogP contribution in [-0.2, 0) is 0 Å². The first-order chi connectivity index (χ1) is 17.0. The second-order valence-electron chi connectivity index (χ2n) is 9.02. The lowest BCUT2D eigenvalue weighted by Crippen LogP contribution is -2.49. The minimum atomic E-state index is -0.295. The SMILES string of the molecule is CCCC(C)c1nc(N2CCN(C(=O)c3ccco3)CC2)c2c(C)nn(-c3ccc(F)cc3)c2n1. The highest BCUT2D eigenvalue weighted by atomic mass is 19.1. The van der Waals surface area contributed by atoms with Gasteiger partial charge in [-0.2, -0.15) is 5.10 Å². The number of piperazine rings is 1. The van der Waals surface area contributed by atoms with Crippen molar-refractivity contribution in [1.82, 2.24) is 24.6 Å². The average Bonchev–Trinajstić information content (AvgIpc) is 3.53. The summed E-state index contributed by atoms with van der Waals surface area (Å²) in [5, 5.41) is 5.64. The van der Waals surface area contributed by atoms with Crippen LogP contribution in [0.1, 0.15) is 54.7 Å². The predicted molar refractivity (Wildman–Crippen MR) is 132 cm³/mol. The van der Waals surface area contributed by atoms with Crippen LogP contribution in [0.2, 0.25) is 0 Å². The number of aryl methyl sites for hydroxylation is 1. The Morgan fingerprint density at radius 3 is 2.51 bits per heavy atom. The fraction of sp³-hybridized carbons (Fsp3) is 0.385. The topological polar surface area (TPSA) is 80.3 Å². The van der Waals surface area contributed by atoms with E-state index in [-0.39, 0.29) is 17.6 Å². The molecule has 1 aliphatic rings. The number of anilines is 1. The van der Waals surface area contributed by atoms with Crippen LogP contribution in [0, 0.1) is 12.7 Å². The maximum atomic E-state index is 13.6. The number of fused-ring (bicyclic) bond motifs is 1. The quantitative estimate of drug-likeness (QED) is 0.401. The van der Waals surface area contributed by atoms with Crippen LogP contribution in [-0.4, -0.2) is 56.7 Å². The molecule has 0 spiro atoms. The van der Waals surface area contributed by atoms with Crippen LogP contribution in [0.25, 0.3) is 16.7 Å². The molecule has 5 rings (SSSR count). The van der Waals surface area contributed by atoms with Gasteiger partial charge in [-0.15, -0.1) is 0 Å². The van der Waals surface area contributed by atoms with Crippen LogP contribution in [0.3, 0.4) is 0 Å². The minimum absolute atomic E-state index is 0.0972. The molecular weight excluding hydrogens is 447 g/mol. The van der Waals surface area contributed by atoms with E-state index >= 15 is 0 Å². The molecule has 1 fully saturated rings. The Balaban J connectivity index is 1.53. The largest absolute Gasteiger partial charge is 0.459 e. The number of amides is 1. The van der Waals surface area contributed by atoms with E-state index in [4.69, 9.17) is 19.5 Å². The fourth-order valence-corrected chi connectivity index (χ4v) is 4.63. The van der Waals surface area contributed by atoms with Crippen molar-refractivity contribution >= 4 is 22.8 Å². The van der Waals surface area contributed by atoms with E-state index in [2.05, 4.69) is 18.7 Å². The molecule has 182 valence electrons. The summed E-state index contributed by atoms with van der Waals surface area (Å²) in [6, 6.07) is 9.68. The second kappa shape index (κ2) is 9.48. The number of rotatable bonds is 6. The van der Waals surface area contributed by atoms with Crippen molar-refractivity contribution in [3.63, 3.8) is 0 Å². The lowest BCUT2D eigenvalue weighted by molar-refractivity contribution is 0.0714. The highest BCUT2D eigenvalue weighted by Gasteiger charge is 2.28. The molecule has 1 amide bonds. The first-order valence-corrected chi connectivity index (χ1v) is 12.1. The van der Waals surface area contributed by atoms with E-state index in [1.807, 2.05) is 11.8 Å². The van der Waals surface area contributed by atoms with Crippen molar-refractivity contribution in [3.05, 3.63) is 65.8 Å². The Morgan fingerprint density at radius 1 is 1.11 bits per heavy atom. The summed E-state index contributed by atoms with van der Waals surface area (Å²) in [5.74, 6) is 1.75. The normalized spacial score (nSPS) is 15.1. The number of carbonyl (C=O) groups excluding carboxylic acids is 1. The fourth-order valence-electron chi connectivity index (χ4n) is 4.63. The summed E-state index contributed by atoms with van der Waals surface area (Å²) in [7, 11) is 0. The molecule has 9 heteroatoms. The van der Waals surface area contributed by atoms with Gasteiger partial charge >= 0.3 is 0 Å². The molecule has 35 heavy (non-hydrogen) atoms. The lowest BCUT2D eigenvalue weighted by Gasteiger charge is -2.35. The van der Waals surface area contributed by atoms with Crippen molar-refractivity contribution in [1.29, 1.82) is 0 Å². The zero-order valence-corrected chi connectivity index (χ0v) is 20.2. The Bertz CT molecular complexity index is 1320. The van der Waals surface area contributed by atoms with Gasteiger partial charge < -0.3 is 14.2 Å². The van der Waals surface area contributed by atoms with Gasteiger partial charge in [0, 0.05) is 32.1 Å². The maximum absolute atomic E-state index is 13.6. The molecule has 0 radical (unpaired) electrons. The molecule has 4 aromatic rings. The highest BCUT2D eigenvalue weighted by molar-refractivity contribution is 5.93. The Morgan fingerprint density at radius 2 is 1.86 bits per heavy atom. The number of hydrogen-bond acceptors (Lipinski definition) is 6. The van der Waals surface area contributed by atoms with Gasteiger partial charge in [0.15, 0.2) is 11.4 Å². The molecule has 1 aromatic carbocycles. The summed E-state index contributed by atoms with van der Waals surface area (Å²) in [6.45, 7) is 8.65. The van der Waals surface area contributed by atoms with Gasteiger partial charge in [-0.05, 0) is 49.7 Å². The van der Waals surface area contributed by atoms with Gasteiger partial charge in [0.25, 0.3) is 5.91 Å². The maximum Gasteiger partial charge on any atom is 0.289 e. The van der Waals surface area contributed by atoms with E-state index < -0.39 is 0 Å². The molecule has 3 aromatic heterocycles. The molecule has 0 bridgehead atoms. The zero-order chi connectivity index (χ0) is 24.5. The van der Waals surface area contributed by atoms with E-state index in [0.717, 1.165) is 41.3 Å². The average molecular weight is 477 g/mol. The molecule has 0 saturated carbocycles. The molecule has 1 aliphatic heterocycles. The summed E-state index contributed by atoms with van der Waals surface area (Å²) in [4.78, 5) is 26.7. The lowest BCUT2D eigenvalue weighted by atomic mass is 10.1. The van der Waals surface area contributed by atoms with E-state index in [1.165, 1.54) is 18.4 Å². The molecule has 8 nitrogen and oxygen atoms in total. The van der Waals surface area contributed by atoms with Crippen molar-refractivity contribution in [3.8, 4) is 5.69 Å². The third-order valence-electron chi connectivity index (χ3n) is 6.53. The van der Waals surface area contributed by atoms with Crippen molar-refractivity contribution in [2.24, 2.45) is 0 Å². The highest BCUT2D eigenvalue weighted by Crippen LogP contribution is 2.32. The number of furan rings is 1. The van der Waals surface area contributed by atoms with Gasteiger partial charge in [-0.3, -0.25) is 4.79 Å². The third-order valence-corrected chi connectivity index (χ3v) is 6.53. The van der Waals surface area contributed by atoms with Gasteiger partial charge in [0.1, 0.15) is 17.5 Å². The van der Waals surface area contributed by atoms with Gasteiger partial charge in [0.05, 0.1) is 23.0 Å². The van der Waals surface area contributed by atoms with Gasteiger partial charge in [-0.25, -0.2) is 19.0 Å². The molecule has 1 atom stereocenters. The molecule has 1 unspecified atom stereocenters. The summed E-state index contributed by atoms with van der Waals surface area (Å²) in [6.07, 6.45) is 3.52. The molecule has 4 heterocycles. The number of carbonyl (C=O) groups is 1. The van der Waals surface area contributed by atoms with Crippen molar-refractivity contribution in [2.75, 3.05) is 31.1 Å². The Kier molecular flexibility index (Phi) is 6.23. The molecule has 0 N–H and O–H groups in total. The molecule has 1 saturated heterocycles. The number of nitrogens with zero attached hydrogens (tertiary/aromatic N) is 6. The Labute approximate surface area is 203 Å². The van der Waals surface area contributed by atoms with Crippen LogP contribution in [0.15, 0.2) is 47.1 Å². The van der Waals surface area contributed by atoms with Gasteiger partial charge in [0.2, 0.25) is 0 Å². The first-order valence-electron chi connectivity index (χ1n) is 12.1. The van der Waals surface area contributed by atoms with E-state index in [0.29, 0.717) is 37.6 Å². The van der Waals surface area contributed by atoms with Crippen LogP contribution < -0.4 is 4.90 Å². The smallest absolute Gasteiger partial charge is 0.289 e. The number of hydrogen-bond donors (Lipinski definition) is 0. The van der Waals surface area contributed by atoms with Gasteiger partial charge in [-0.1, -0.05) is 20.3 Å². The standard InChI is InChI=1S/C26H29FN6O2/c1-4-6-17(2)23-28-24(31-12-14-32(15-13-31)26(34)21-7-5-16-35-21)22-18(3)30-33(25(22)29-23)20-10-8-19(27)9-11-20/h5,7-11,16-17H,4,6,12-15H2,1-3H3. The first kappa shape index (κ1) is 23.0. The number of aromatic nitrogens is 4. The summed E-state index contributed by atoms with van der Waals surface area (Å²) >= 11 is 0.